The molecule has 4 aliphatic heterocycles. The van der Waals surface area contributed by atoms with Gasteiger partial charge in [-0.3, -0.25) is 9.59 Å². The van der Waals surface area contributed by atoms with Crippen LogP contribution in [-0.4, -0.2) is 148 Å². The maximum Gasteiger partial charge on any atom is 0.338 e. The Hall–Kier alpha value is -5.46. The number of aliphatic hydroxyl groups excluding tert-OH is 1. The summed E-state index contributed by atoms with van der Waals surface area (Å²) in [6.07, 6.45) is -18.9. The van der Waals surface area contributed by atoms with Gasteiger partial charge in [0.15, 0.2) is 57.4 Å². The quantitative estimate of drug-likeness (QED) is 0.0445. The van der Waals surface area contributed by atoms with Gasteiger partial charge in [-0.15, -0.1) is 0 Å². The van der Waals surface area contributed by atoms with E-state index in [0.29, 0.717) is 0 Å². The van der Waals surface area contributed by atoms with Gasteiger partial charge in [-0.2, -0.15) is 0 Å². The molecule has 4 saturated heterocycles. The van der Waals surface area contributed by atoms with E-state index in [1.54, 1.807) is 81.4 Å². The Morgan fingerprint density at radius 2 is 1.04 bits per heavy atom. The lowest BCUT2D eigenvalue weighted by molar-refractivity contribution is -0.358. The van der Waals surface area contributed by atoms with E-state index in [0.717, 1.165) is 11.1 Å². The molecular formula is C61H78O19Si. The van der Waals surface area contributed by atoms with E-state index in [2.05, 4.69) is 40.8 Å². The van der Waals surface area contributed by atoms with Crippen molar-refractivity contribution in [2.45, 2.75) is 192 Å². The van der Waals surface area contributed by atoms with Crippen molar-refractivity contribution >= 4 is 32.2 Å². The van der Waals surface area contributed by atoms with Gasteiger partial charge in [0.25, 0.3) is 0 Å². The molecule has 0 amide bonds. The smallest absolute Gasteiger partial charge is 0.338 e. The van der Waals surface area contributed by atoms with Gasteiger partial charge in [-0.25, -0.2) is 9.59 Å². The number of ether oxygens (including phenoxy) is 13. The third-order valence-corrected chi connectivity index (χ3v) is 20.3. The second-order valence-corrected chi connectivity index (χ2v) is 27.3. The van der Waals surface area contributed by atoms with Crippen LogP contribution in [0.2, 0.25) is 18.1 Å². The second-order valence-electron chi connectivity index (χ2n) is 22.7. The molecule has 81 heavy (non-hydrogen) atoms. The molecule has 20 heteroatoms. The first kappa shape index (κ1) is 61.6. The van der Waals surface area contributed by atoms with Crippen molar-refractivity contribution in [3.05, 3.63) is 144 Å². The molecule has 440 valence electrons. The molecule has 4 aromatic rings. The zero-order chi connectivity index (χ0) is 58.2. The monoisotopic (exact) mass is 1140 g/mol. The van der Waals surface area contributed by atoms with Gasteiger partial charge in [-0.05, 0) is 80.2 Å². The van der Waals surface area contributed by atoms with Gasteiger partial charge < -0.3 is 71.1 Å². The van der Waals surface area contributed by atoms with Gasteiger partial charge in [0.2, 0.25) is 0 Å². The first-order valence-electron chi connectivity index (χ1n) is 27.6. The van der Waals surface area contributed by atoms with E-state index >= 15 is 0 Å². The van der Waals surface area contributed by atoms with Crippen LogP contribution in [-0.2, 0) is 88.8 Å². The van der Waals surface area contributed by atoms with Crippen LogP contribution in [0.15, 0.2) is 121 Å². The molecule has 0 unspecified atom stereocenters. The van der Waals surface area contributed by atoms with Crippen molar-refractivity contribution in [1.82, 2.24) is 0 Å². The SMILES string of the molecule is CC(=O)O[C@H]1[C@H](OCc2ccccc2)[C@H](OC[C@H]2O[C@@H](O[C@H]3[C@H](OC(=O)c4ccccc4)[C@@H](OC(=O)c4ccccc4)[C@H](OCc4ccccc4)O[C@@H]3CO[Si](C)(C)C(C)(C)C(C)C)[C@H](O)[C@H]3OC(C)(C)O[C@H]32)O[C@@H](C)[C@H]1OC(C)=O. The number of fused-ring (bicyclic) bond motifs is 1. The van der Waals surface area contributed by atoms with Gasteiger partial charge in [0.05, 0.1) is 43.7 Å². The number of benzene rings is 4. The molecule has 0 bridgehead atoms. The van der Waals surface area contributed by atoms with Crippen molar-refractivity contribution in [2.75, 3.05) is 13.2 Å². The predicted molar refractivity (Wildman–Crippen MR) is 293 cm³/mol. The fraction of sp³-hybridized carbons (Fsp3) is 0.541. The minimum absolute atomic E-state index is 0.0000355. The lowest BCUT2D eigenvalue weighted by atomic mass is 9.96. The highest BCUT2D eigenvalue weighted by molar-refractivity contribution is 6.74. The van der Waals surface area contributed by atoms with Crippen LogP contribution in [0.25, 0.3) is 0 Å². The summed E-state index contributed by atoms with van der Waals surface area (Å²) in [6.45, 7) is 19.9. The average Bonchev–Trinajstić information content (AvgIpc) is 3.97. The third kappa shape index (κ3) is 15.2. The van der Waals surface area contributed by atoms with Gasteiger partial charge >= 0.3 is 23.9 Å². The first-order valence-corrected chi connectivity index (χ1v) is 30.5. The summed E-state index contributed by atoms with van der Waals surface area (Å²) in [5.74, 6) is -3.88. The van der Waals surface area contributed by atoms with Crippen molar-refractivity contribution < 1.29 is 90.3 Å². The maximum atomic E-state index is 14.5. The summed E-state index contributed by atoms with van der Waals surface area (Å²) >= 11 is 0. The standard InChI is InChI=1S/C61H78O19Si/c1-36(2)60(6,7)81(10,11)70-35-45-48(52(76-55(65)42-28-20-14-21-29-42)54(77-56(66)43-30-22-15-23-31-43)59(75-45)68-33-41-26-18-13-19-27-41)78-57-46(64)50-49(79-61(8,9)80-50)44(74-57)34-69-58-53(67-32-40-24-16-12-17-25-40)51(73-39(5)63)47(37(3)71-58)72-38(4)62/h12-31,36-37,44-54,57-59,64H,32-35H2,1-11H3/t37-,44+,45+,46+,47+,48+,49-,50+,51+,52-,53-,54+,57-,58+,59+/m0/s1. The molecule has 0 spiro atoms. The number of esters is 4. The van der Waals surface area contributed by atoms with Crippen molar-refractivity contribution in [1.29, 1.82) is 0 Å². The van der Waals surface area contributed by atoms with E-state index in [9.17, 15) is 24.3 Å². The van der Waals surface area contributed by atoms with Crippen molar-refractivity contribution in [3.8, 4) is 0 Å². The molecule has 1 N–H and O–H groups in total. The highest BCUT2D eigenvalue weighted by Crippen LogP contribution is 2.46. The molecule has 4 fully saturated rings. The molecule has 4 heterocycles. The van der Waals surface area contributed by atoms with Gasteiger partial charge in [-0.1, -0.05) is 125 Å². The van der Waals surface area contributed by atoms with E-state index in [4.69, 9.17) is 66.0 Å². The largest absolute Gasteiger partial charge is 0.456 e. The fourth-order valence-electron chi connectivity index (χ4n) is 10.2. The maximum absolute atomic E-state index is 14.5. The molecule has 0 aliphatic carbocycles. The third-order valence-electron chi connectivity index (χ3n) is 15.7. The molecule has 0 saturated carbocycles. The Kier molecular flexibility index (Phi) is 20.4. The van der Waals surface area contributed by atoms with Crippen LogP contribution >= 0.6 is 0 Å². The molecule has 0 radical (unpaired) electrons. The van der Waals surface area contributed by atoms with Crippen LogP contribution in [0, 0.1) is 5.92 Å². The molecule has 19 nitrogen and oxygen atoms in total. The normalized spacial score (nSPS) is 30.2. The molecular weight excluding hydrogens is 1060 g/mol. The van der Waals surface area contributed by atoms with Crippen LogP contribution < -0.4 is 0 Å². The minimum Gasteiger partial charge on any atom is -0.456 e. The van der Waals surface area contributed by atoms with Crippen molar-refractivity contribution in [3.63, 3.8) is 0 Å². The Balaban J connectivity index is 1.17. The molecule has 8 rings (SSSR count). The first-order chi connectivity index (χ1) is 38.5. The Bertz CT molecular complexity index is 2680. The summed E-state index contributed by atoms with van der Waals surface area (Å²) in [4.78, 5) is 54.0. The lowest BCUT2D eigenvalue weighted by Crippen LogP contribution is -2.66. The number of aliphatic hydroxyl groups is 1. The topological polar surface area (TPSA) is 218 Å². The highest BCUT2D eigenvalue weighted by atomic mass is 28.4. The number of carbonyl (C=O) groups excluding carboxylic acids is 4. The minimum atomic E-state index is -2.67. The Morgan fingerprint density at radius 3 is 1.58 bits per heavy atom. The number of hydrogen-bond donors (Lipinski definition) is 1. The summed E-state index contributed by atoms with van der Waals surface area (Å²) in [6, 6.07) is 35.3. The lowest BCUT2D eigenvalue weighted by Gasteiger charge is -2.49. The van der Waals surface area contributed by atoms with E-state index in [-0.39, 0.29) is 48.5 Å². The van der Waals surface area contributed by atoms with E-state index < -0.39 is 130 Å². The van der Waals surface area contributed by atoms with Crippen LogP contribution in [0.4, 0.5) is 0 Å². The fourth-order valence-corrected chi connectivity index (χ4v) is 12.5. The van der Waals surface area contributed by atoms with E-state index in [1.807, 2.05) is 60.7 Å². The average molecular weight is 1140 g/mol. The summed E-state index contributed by atoms with van der Waals surface area (Å²) in [7, 11) is -2.67. The number of carbonyl (C=O) groups is 4. The Morgan fingerprint density at radius 1 is 0.568 bits per heavy atom. The summed E-state index contributed by atoms with van der Waals surface area (Å²) < 4.78 is 91.0. The highest BCUT2D eigenvalue weighted by Gasteiger charge is 2.60. The van der Waals surface area contributed by atoms with Crippen LogP contribution in [0.3, 0.4) is 0 Å². The van der Waals surface area contributed by atoms with Crippen LogP contribution in [0.1, 0.15) is 94.2 Å². The zero-order valence-corrected chi connectivity index (χ0v) is 48.9. The van der Waals surface area contributed by atoms with Crippen molar-refractivity contribution in [2.24, 2.45) is 5.92 Å². The second kappa shape index (κ2) is 26.8. The summed E-state index contributed by atoms with van der Waals surface area (Å²) in [5, 5.41) is 12.2. The van der Waals surface area contributed by atoms with Crippen LogP contribution in [0.5, 0.6) is 0 Å². The summed E-state index contributed by atoms with van der Waals surface area (Å²) in [5.41, 5.74) is 1.95. The Labute approximate surface area is 475 Å². The van der Waals surface area contributed by atoms with E-state index in [1.165, 1.54) is 13.8 Å². The molecule has 15 atom stereocenters. The number of hydrogen-bond acceptors (Lipinski definition) is 19. The van der Waals surface area contributed by atoms with Gasteiger partial charge in [0, 0.05) is 13.8 Å². The number of rotatable bonds is 22. The molecule has 4 aliphatic rings. The van der Waals surface area contributed by atoms with Gasteiger partial charge in [0.1, 0.15) is 42.7 Å². The predicted octanol–water partition coefficient (Wildman–Crippen LogP) is 8.24. The zero-order valence-electron chi connectivity index (χ0n) is 47.9. The molecule has 4 aromatic carbocycles. The molecule has 0 aromatic heterocycles.